The Morgan fingerprint density at radius 1 is 1.44 bits per heavy atom. The van der Waals surface area contributed by atoms with Crippen LogP contribution in [0.1, 0.15) is 24.5 Å². The summed E-state index contributed by atoms with van der Waals surface area (Å²) in [6, 6.07) is 6.31. The van der Waals surface area contributed by atoms with Gasteiger partial charge < -0.3 is 5.32 Å². The number of hydrogen-bond donors (Lipinski definition) is 1. The van der Waals surface area contributed by atoms with Gasteiger partial charge in [-0.1, -0.05) is 24.6 Å². The van der Waals surface area contributed by atoms with E-state index in [2.05, 4.69) is 39.7 Å². The van der Waals surface area contributed by atoms with E-state index in [1.165, 1.54) is 4.88 Å². The molecule has 3 nitrogen and oxygen atoms in total. The third-order valence-corrected chi connectivity index (χ3v) is 3.63. The number of aryl methyl sites for hydroxylation is 1. The zero-order valence-corrected chi connectivity index (χ0v) is 12.1. The number of thiophene rings is 1. The summed E-state index contributed by atoms with van der Waals surface area (Å²) in [7, 11) is 0. The zero-order valence-electron chi connectivity index (χ0n) is 10.5. The van der Waals surface area contributed by atoms with Gasteiger partial charge in [0.2, 0.25) is 0 Å². The van der Waals surface area contributed by atoms with Gasteiger partial charge in [0.25, 0.3) is 0 Å². The molecule has 2 aromatic heterocycles. The minimum atomic E-state index is 0.319. The van der Waals surface area contributed by atoms with E-state index in [1.807, 2.05) is 6.92 Å². The fourth-order valence-electron chi connectivity index (χ4n) is 1.73. The number of halogens is 1. The Morgan fingerprint density at radius 3 is 2.94 bits per heavy atom. The summed E-state index contributed by atoms with van der Waals surface area (Å²) >= 11 is 7.74. The number of anilines is 1. The third kappa shape index (κ3) is 3.68. The van der Waals surface area contributed by atoms with Crippen LogP contribution in [0.25, 0.3) is 0 Å². The molecule has 0 bridgehead atoms. The molecule has 0 aliphatic carbocycles. The van der Waals surface area contributed by atoms with E-state index >= 15 is 0 Å². The van der Waals surface area contributed by atoms with Gasteiger partial charge >= 0.3 is 0 Å². The summed E-state index contributed by atoms with van der Waals surface area (Å²) in [4.78, 5) is 9.94. The smallest absolute Gasteiger partial charge is 0.134 e. The van der Waals surface area contributed by atoms with Crippen molar-refractivity contribution in [3.8, 4) is 0 Å². The topological polar surface area (TPSA) is 37.8 Å². The molecule has 18 heavy (non-hydrogen) atoms. The van der Waals surface area contributed by atoms with Gasteiger partial charge in [-0.2, -0.15) is 0 Å². The average molecular weight is 282 g/mol. The highest BCUT2D eigenvalue weighted by molar-refractivity contribution is 7.09. The maximum atomic E-state index is 5.97. The Bertz CT molecular complexity index is 499. The second kappa shape index (κ2) is 6.16. The van der Waals surface area contributed by atoms with Crippen LogP contribution < -0.4 is 5.32 Å². The number of hydrogen-bond acceptors (Lipinski definition) is 4. The molecule has 0 amide bonds. The molecule has 0 saturated carbocycles. The standard InChI is InChI=1S/C13H16ClN3S/c1-3-12-16-11(14)8-13(17-12)15-9(2)7-10-5-4-6-18-10/h4-6,8-9H,3,7H2,1-2H3,(H,15,16,17). The second-order valence-electron chi connectivity index (χ2n) is 4.17. The first-order valence-corrected chi connectivity index (χ1v) is 7.25. The lowest BCUT2D eigenvalue weighted by Gasteiger charge is -2.14. The van der Waals surface area contributed by atoms with E-state index in [0.29, 0.717) is 11.2 Å². The maximum absolute atomic E-state index is 5.97. The molecule has 0 aromatic carbocycles. The van der Waals surface area contributed by atoms with E-state index in [4.69, 9.17) is 11.6 Å². The Labute approximate surface area is 116 Å². The highest BCUT2D eigenvalue weighted by Gasteiger charge is 2.07. The van der Waals surface area contributed by atoms with Crippen LogP contribution in [0.15, 0.2) is 23.6 Å². The molecule has 0 aliphatic rings. The van der Waals surface area contributed by atoms with Crippen LogP contribution >= 0.6 is 22.9 Å². The molecule has 2 rings (SSSR count). The van der Waals surface area contributed by atoms with Gasteiger partial charge in [0, 0.05) is 29.8 Å². The molecule has 1 unspecified atom stereocenters. The van der Waals surface area contributed by atoms with Gasteiger partial charge in [0.1, 0.15) is 16.8 Å². The fourth-order valence-corrected chi connectivity index (χ4v) is 2.77. The predicted octanol–water partition coefficient (Wildman–Crippen LogP) is 3.80. The van der Waals surface area contributed by atoms with Crippen LogP contribution in [0.5, 0.6) is 0 Å². The quantitative estimate of drug-likeness (QED) is 0.847. The van der Waals surface area contributed by atoms with Gasteiger partial charge in [-0.3, -0.25) is 0 Å². The van der Waals surface area contributed by atoms with Crippen molar-refractivity contribution in [2.75, 3.05) is 5.32 Å². The second-order valence-corrected chi connectivity index (χ2v) is 5.59. The van der Waals surface area contributed by atoms with Gasteiger partial charge in [-0.25, -0.2) is 9.97 Å². The van der Waals surface area contributed by atoms with Crippen molar-refractivity contribution >= 4 is 28.8 Å². The molecule has 1 atom stereocenters. The highest BCUT2D eigenvalue weighted by atomic mass is 35.5. The maximum Gasteiger partial charge on any atom is 0.134 e. The van der Waals surface area contributed by atoms with E-state index in [0.717, 1.165) is 24.5 Å². The Kier molecular flexibility index (Phi) is 4.55. The van der Waals surface area contributed by atoms with Crippen molar-refractivity contribution < 1.29 is 0 Å². The Morgan fingerprint density at radius 2 is 2.28 bits per heavy atom. The molecule has 0 fully saturated rings. The lowest BCUT2D eigenvalue weighted by molar-refractivity contribution is 0.788. The molecule has 2 heterocycles. The van der Waals surface area contributed by atoms with Gasteiger partial charge in [0.05, 0.1) is 0 Å². The predicted molar refractivity (Wildman–Crippen MR) is 77.5 cm³/mol. The SMILES string of the molecule is CCc1nc(Cl)cc(NC(C)Cc2cccs2)n1. The summed E-state index contributed by atoms with van der Waals surface area (Å²) in [5, 5.41) is 5.96. The largest absolute Gasteiger partial charge is 0.367 e. The van der Waals surface area contributed by atoms with E-state index in [-0.39, 0.29) is 0 Å². The molecular weight excluding hydrogens is 266 g/mol. The molecule has 0 saturated heterocycles. The number of rotatable bonds is 5. The zero-order chi connectivity index (χ0) is 13.0. The first-order chi connectivity index (χ1) is 8.67. The van der Waals surface area contributed by atoms with Crippen molar-refractivity contribution in [2.24, 2.45) is 0 Å². The van der Waals surface area contributed by atoms with Gasteiger partial charge in [-0.05, 0) is 18.4 Å². The van der Waals surface area contributed by atoms with Crippen LogP contribution in [-0.2, 0) is 12.8 Å². The van der Waals surface area contributed by atoms with Crippen LogP contribution in [-0.4, -0.2) is 16.0 Å². The summed E-state index contributed by atoms with van der Waals surface area (Å²) in [6.45, 7) is 4.16. The average Bonchev–Trinajstić information content (AvgIpc) is 2.80. The number of nitrogens with zero attached hydrogens (tertiary/aromatic N) is 2. The van der Waals surface area contributed by atoms with Crippen LogP contribution in [0.4, 0.5) is 5.82 Å². The molecule has 5 heteroatoms. The molecular formula is C13H16ClN3S. The number of aromatic nitrogens is 2. The highest BCUT2D eigenvalue weighted by Crippen LogP contribution is 2.16. The normalized spacial score (nSPS) is 12.4. The molecule has 2 aromatic rings. The summed E-state index contributed by atoms with van der Waals surface area (Å²) in [5.41, 5.74) is 0. The minimum Gasteiger partial charge on any atom is -0.367 e. The van der Waals surface area contributed by atoms with Crippen LogP contribution in [0, 0.1) is 0 Å². The van der Waals surface area contributed by atoms with Crippen LogP contribution in [0.2, 0.25) is 5.15 Å². The van der Waals surface area contributed by atoms with Crippen molar-refractivity contribution in [2.45, 2.75) is 32.7 Å². The number of nitrogens with one attached hydrogen (secondary N) is 1. The van der Waals surface area contributed by atoms with Crippen molar-refractivity contribution in [1.82, 2.24) is 9.97 Å². The molecule has 1 N–H and O–H groups in total. The monoisotopic (exact) mass is 281 g/mol. The third-order valence-electron chi connectivity index (χ3n) is 2.54. The summed E-state index contributed by atoms with van der Waals surface area (Å²) in [6.07, 6.45) is 1.77. The van der Waals surface area contributed by atoms with E-state index in [1.54, 1.807) is 17.4 Å². The van der Waals surface area contributed by atoms with Crippen molar-refractivity contribution in [3.63, 3.8) is 0 Å². The fraction of sp³-hybridized carbons (Fsp3) is 0.385. The van der Waals surface area contributed by atoms with Gasteiger partial charge in [-0.15, -0.1) is 11.3 Å². The van der Waals surface area contributed by atoms with E-state index in [9.17, 15) is 0 Å². The molecule has 0 aliphatic heterocycles. The van der Waals surface area contributed by atoms with E-state index < -0.39 is 0 Å². The first-order valence-electron chi connectivity index (χ1n) is 5.99. The lowest BCUT2D eigenvalue weighted by Crippen LogP contribution is -2.18. The lowest BCUT2D eigenvalue weighted by atomic mass is 10.2. The van der Waals surface area contributed by atoms with Crippen LogP contribution in [0.3, 0.4) is 0 Å². The first kappa shape index (κ1) is 13.3. The Hall–Kier alpha value is -1.13. The van der Waals surface area contributed by atoms with Crippen molar-refractivity contribution in [3.05, 3.63) is 39.4 Å². The summed E-state index contributed by atoms with van der Waals surface area (Å²) in [5.74, 6) is 1.57. The molecule has 96 valence electrons. The summed E-state index contributed by atoms with van der Waals surface area (Å²) < 4.78 is 0. The minimum absolute atomic E-state index is 0.319. The molecule has 0 spiro atoms. The van der Waals surface area contributed by atoms with Crippen molar-refractivity contribution in [1.29, 1.82) is 0 Å². The Balaban J connectivity index is 2.02. The molecule has 0 radical (unpaired) electrons. The van der Waals surface area contributed by atoms with Gasteiger partial charge in [0.15, 0.2) is 0 Å².